The molecule has 5 heteroatoms. The number of hydrogen-bond donors (Lipinski definition) is 0. The third-order valence-electron chi connectivity index (χ3n) is 4.70. The van der Waals surface area contributed by atoms with Gasteiger partial charge >= 0.3 is 0 Å². The highest BCUT2D eigenvalue weighted by Gasteiger charge is 2.42. The summed E-state index contributed by atoms with van der Waals surface area (Å²) in [5, 5.41) is 8.50. The van der Waals surface area contributed by atoms with Crippen LogP contribution < -0.4 is 0 Å². The Hall–Kier alpha value is -0.600. The van der Waals surface area contributed by atoms with Crippen LogP contribution in [0.2, 0.25) is 0 Å². The molecular weight excluding hydrogens is 262 g/mol. The van der Waals surface area contributed by atoms with Crippen molar-refractivity contribution in [3.05, 3.63) is 0 Å². The van der Waals surface area contributed by atoms with Crippen LogP contribution in [0, 0.1) is 23.2 Å². The van der Waals surface area contributed by atoms with Gasteiger partial charge in [0.05, 0.1) is 22.5 Å². The molecule has 1 aliphatic heterocycles. The molecule has 1 aliphatic carbocycles. The lowest BCUT2D eigenvalue weighted by Gasteiger charge is -2.35. The average Bonchev–Trinajstić information content (AvgIpc) is 2.47. The third kappa shape index (κ3) is 3.11. The van der Waals surface area contributed by atoms with Gasteiger partial charge < -0.3 is 4.74 Å². The first kappa shape index (κ1) is 14.8. The Morgan fingerprint density at radius 2 is 1.89 bits per heavy atom. The number of rotatable bonds is 3. The van der Waals surface area contributed by atoms with Crippen LogP contribution in [0.15, 0.2) is 0 Å². The van der Waals surface area contributed by atoms with E-state index in [0.717, 1.165) is 19.3 Å². The quantitative estimate of drug-likeness (QED) is 0.798. The zero-order valence-electron chi connectivity index (χ0n) is 11.5. The highest BCUT2D eigenvalue weighted by Crippen LogP contribution is 2.37. The van der Waals surface area contributed by atoms with Crippen molar-refractivity contribution in [2.24, 2.45) is 11.8 Å². The predicted molar refractivity (Wildman–Crippen MR) is 73.3 cm³/mol. The van der Waals surface area contributed by atoms with E-state index in [1.165, 1.54) is 0 Å². The van der Waals surface area contributed by atoms with Gasteiger partial charge in [0.25, 0.3) is 0 Å². The van der Waals surface area contributed by atoms with Crippen LogP contribution >= 0.6 is 0 Å². The van der Waals surface area contributed by atoms with Gasteiger partial charge in [0.1, 0.15) is 0 Å². The van der Waals surface area contributed by atoms with Gasteiger partial charge in [-0.1, -0.05) is 13.3 Å². The van der Waals surface area contributed by atoms with Crippen LogP contribution in [-0.2, 0) is 14.6 Å². The molecular formula is C14H23NO3S. The molecule has 0 aromatic heterocycles. The Balaban J connectivity index is 2.17. The second-order valence-corrected chi connectivity index (χ2v) is 8.21. The molecule has 2 fully saturated rings. The lowest BCUT2D eigenvalue weighted by molar-refractivity contribution is 0.0979. The van der Waals surface area contributed by atoms with Gasteiger partial charge in [-0.15, -0.1) is 0 Å². The van der Waals surface area contributed by atoms with E-state index in [1.54, 1.807) is 0 Å². The third-order valence-corrected chi connectivity index (χ3v) is 7.46. The van der Waals surface area contributed by atoms with Gasteiger partial charge in [-0.3, -0.25) is 0 Å². The molecule has 1 saturated carbocycles. The Bertz CT molecular complexity index is 434. The monoisotopic (exact) mass is 285 g/mol. The Labute approximate surface area is 116 Å². The fourth-order valence-corrected chi connectivity index (χ4v) is 5.88. The average molecular weight is 285 g/mol. The molecule has 0 aromatic rings. The Morgan fingerprint density at radius 3 is 2.47 bits per heavy atom. The minimum absolute atomic E-state index is 0.294. The maximum atomic E-state index is 12.8. The normalized spacial score (nSPS) is 33.8. The summed E-state index contributed by atoms with van der Waals surface area (Å²) in [6.45, 7) is 3.17. The standard InChI is InChI=1S/C14H23NO3S/c1-2-11-3-4-12(10-15)14(9-11)19(16,17)13-5-7-18-8-6-13/h11-14H,2-9H2,1H3. The molecule has 0 spiro atoms. The predicted octanol–water partition coefficient (Wildman–Crippen LogP) is 2.30. The van der Waals surface area contributed by atoms with E-state index in [9.17, 15) is 13.7 Å². The van der Waals surface area contributed by atoms with E-state index in [-0.39, 0.29) is 11.2 Å². The first-order valence-electron chi connectivity index (χ1n) is 7.29. The van der Waals surface area contributed by atoms with Crippen molar-refractivity contribution < 1.29 is 13.2 Å². The van der Waals surface area contributed by atoms with Gasteiger partial charge in [-0.2, -0.15) is 5.26 Å². The van der Waals surface area contributed by atoms with E-state index in [4.69, 9.17) is 4.74 Å². The van der Waals surface area contributed by atoms with E-state index < -0.39 is 15.1 Å². The number of ether oxygens (including phenoxy) is 1. The molecule has 0 amide bonds. The second-order valence-electron chi connectivity index (χ2n) is 5.76. The number of nitrogens with zero attached hydrogens (tertiary/aromatic N) is 1. The summed E-state index contributed by atoms with van der Waals surface area (Å²) in [6.07, 6.45) is 4.60. The lowest BCUT2D eigenvalue weighted by atomic mass is 9.81. The molecule has 2 aliphatic rings. The number of nitriles is 1. The molecule has 2 rings (SSSR count). The molecule has 19 heavy (non-hydrogen) atoms. The van der Waals surface area contributed by atoms with E-state index in [1.807, 2.05) is 0 Å². The summed E-state index contributed by atoms with van der Waals surface area (Å²) in [6, 6.07) is 2.23. The van der Waals surface area contributed by atoms with Gasteiger partial charge in [-0.05, 0) is 38.0 Å². The van der Waals surface area contributed by atoms with Crippen molar-refractivity contribution in [2.75, 3.05) is 13.2 Å². The SMILES string of the molecule is CCC1CCC(C#N)C(S(=O)(=O)C2CCOCC2)C1. The maximum absolute atomic E-state index is 12.8. The first-order chi connectivity index (χ1) is 9.09. The van der Waals surface area contributed by atoms with Crippen LogP contribution in [0.4, 0.5) is 0 Å². The van der Waals surface area contributed by atoms with Crippen molar-refractivity contribution in [3.63, 3.8) is 0 Å². The molecule has 4 nitrogen and oxygen atoms in total. The van der Waals surface area contributed by atoms with Gasteiger partial charge in [0.2, 0.25) is 0 Å². The first-order valence-corrected chi connectivity index (χ1v) is 8.90. The van der Waals surface area contributed by atoms with Crippen LogP contribution in [0.25, 0.3) is 0 Å². The molecule has 0 N–H and O–H groups in total. The summed E-state index contributed by atoms with van der Waals surface area (Å²) in [7, 11) is -3.19. The minimum Gasteiger partial charge on any atom is -0.381 e. The van der Waals surface area contributed by atoms with E-state index in [2.05, 4.69) is 13.0 Å². The number of hydrogen-bond acceptors (Lipinski definition) is 4. The van der Waals surface area contributed by atoms with Crippen LogP contribution in [0.1, 0.15) is 45.4 Å². The van der Waals surface area contributed by atoms with Gasteiger partial charge in [-0.25, -0.2) is 8.42 Å². The molecule has 0 radical (unpaired) electrons. The van der Waals surface area contributed by atoms with Gasteiger partial charge in [0, 0.05) is 13.2 Å². The molecule has 3 atom stereocenters. The molecule has 3 unspecified atom stereocenters. The summed E-state index contributed by atoms with van der Waals surface area (Å²) in [4.78, 5) is 0. The number of sulfone groups is 1. The zero-order chi connectivity index (χ0) is 13.9. The molecule has 1 heterocycles. The summed E-state index contributed by atoms with van der Waals surface area (Å²) < 4.78 is 30.8. The van der Waals surface area contributed by atoms with Crippen LogP contribution in [0.5, 0.6) is 0 Å². The largest absolute Gasteiger partial charge is 0.381 e. The van der Waals surface area contributed by atoms with Crippen molar-refractivity contribution in [1.82, 2.24) is 0 Å². The van der Waals surface area contributed by atoms with Crippen molar-refractivity contribution in [3.8, 4) is 6.07 Å². The lowest BCUT2D eigenvalue weighted by Crippen LogP contribution is -2.42. The smallest absolute Gasteiger partial charge is 0.157 e. The molecule has 108 valence electrons. The molecule has 0 bridgehead atoms. The fourth-order valence-electron chi connectivity index (χ4n) is 3.35. The highest BCUT2D eigenvalue weighted by molar-refractivity contribution is 7.92. The van der Waals surface area contributed by atoms with Crippen LogP contribution in [0.3, 0.4) is 0 Å². The molecule has 1 saturated heterocycles. The second kappa shape index (κ2) is 6.23. The molecule has 0 aromatic carbocycles. The summed E-state index contributed by atoms with van der Waals surface area (Å²) in [5.74, 6) is 0.153. The maximum Gasteiger partial charge on any atom is 0.157 e. The van der Waals surface area contributed by atoms with Gasteiger partial charge in [0.15, 0.2) is 9.84 Å². The Morgan fingerprint density at radius 1 is 1.21 bits per heavy atom. The van der Waals surface area contributed by atoms with Crippen LogP contribution in [-0.4, -0.2) is 32.1 Å². The van der Waals surface area contributed by atoms with E-state index >= 15 is 0 Å². The Kier molecular flexibility index (Phi) is 4.86. The van der Waals surface area contributed by atoms with Crippen molar-refractivity contribution >= 4 is 9.84 Å². The topological polar surface area (TPSA) is 67.2 Å². The van der Waals surface area contributed by atoms with Crippen molar-refractivity contribution in [2.45, 2.75) is 55.9 Å². The van der Waals surface area contributed by atoms with Crippen molar-refractivity contribution in [1.29, 1.82) is 5.26 Å². The summed E-state index contributed by atoms with van der Waals surface area (Å²) >= 11 is 0. The minimum atomic E-state index is -3.19. The summed E-state index contributed by atoms with van der Waals surface area (Å²) in [5.41, 5.74) is 0. The zero-order valence-corrected chi connectivity index (χ0v) is 12.4. The highest BCUT2D eigenvalue weighted by atomic mass is 32.2. The fraction of sp³-hybridized carbons (Fsp3) is 0.929. The van der Waals surface area contributed by atoms with E-state index in [0.29, 0.717) is 38.4 Å².